The summed E-state index contributed by atoms with van der Waals surface area (Å²) in [5.41, 5.74) is 0.109. The number of carbonyl (C=O) groups excluding carboxylic acids is 1. The van der Waals surface area contributed by atoms with E-state index in [2.05, 4.69) is 26.1 Å². The monoisotopic (exact) mass is 446 g/mol. The summed E-state index contributed by atoms with van der Waals surface area (Å²) in [6.45, 7) is 3.10. The van der Waals surface area contributed by atoms with E-state index in [9.17, 15) is 9.59 Å². The Morgan fingerprint density at radius 3 is 2.79 bits per heavy atom. The van der Waals surface area contributed by atoms with Gasteiger partial charge < -0.3 is 18.9 Å². The molecular weight excluding hydrogens is 428 g/mol. The van der Waals surface area contributed by atoms with Crippen molar-refractivity contribution >= 4 is 32.8 Å². The number of nitrogens with zero attached hydrogens (tertiary/aromatic N) is 1. The number of ether oxygens (including phenoxy) is 1. The Morgan fingerprint density at radius 2 is 2.04 bits per heavy atom. The average molecular weight is 447 g/mol. The van der Waals surface area contributed by atoms with Gasteiger partial charge in [0, 0.05) is 30.2 Å². The molecule has 1 aliphatic heterocycles. The van der Waals surface area contributed by atoms with Gasteiger partial charge in [0.05, 0.1) is 30.9 Å². The van der Waals surface area contributed by atoms with Gasteiger partial charge in [-0.3, -0.25) is 14.5 Å². The van der Waals surface area contributed by atoms with Gasteiger partial charge in [0.25, 0.3) is 5.91 Å². The van der Waals surface area contributed by atoms with Crippen molar-refractivity contribution in [2.45, 2.75) is 6.04 Å². The van der Waals surface area contributed by atoms with Crippen LogP contribution < -0.4 is 10.7 Å². The lowest BCUT2D eigenvalue weighted by Crippen LogP contribution is -2.43. The number of carbonyl (C=O) groups is 1. The van der Waals surface area contributed by atoms with Crippen molar-refractivity contribution in [2.75, 3.05) is 32.8 Å². The molecule has 3 heterocycles. The normalized spacial score (nSPS) is 16.2. The number of fused-ring (bicyclic) bond motifs is 1. The van der Waals surface area contributed by atoms with Crippen LogP contribution in [0.25, 0.3) is 11.0 Å². The second kappa shape index (κ2) is 8.30. The van der Waals surface area contributed by atoms with Crippen molar-refractivity contribution < 1.29 is 18.4 Å². The third-order valence-corrected chi connectivity index (χ3v) is 5.22. The molecule has 8 heteroatoms. The van der Waals surface area contributed by atoms with E-state index in [0.29, 0.717) is 30.7 Å². The molecule has 7 nitrogen and oxygen atoms in total. The molecule has 3 aromatic rings. The minimum Gasteiger partial charge on any atom is -0.468 e. The van der Waals surface area contributed by atoms with Gasteiger partial charge in [-0.1, -0.05) is 15.9 Å². The highest BCUT2D eigenvalue weighted by atomic mass is 79.9. The van der Waals surface area contributed by atoms with Gasteiger partial charge in [-0.25, -0.2) is 0 Å². The Bertz CT molecular complexity index is 1020. The molecule has 146 valence electrons. The number of halogens is 1. The first-order valence-corrected chi connectivity index (χ1v) is 9.78. The molecule has 0 unspecified atom stereocenters. The van der Waals surface area contributed by atoms with Crippen LogP contribution in [0.3, 0.4) is 0 Å². The summed E-state index contributed by atoms with van der Waals surface area (Å²) >= 11 is 3.35. The molecule has 1 atom stereocenters. The topological polar surface area (TPSA) is 84.9 Å². The van der Waals surface area contributed by atoms with Gasteiger partial charge in [-0.05, 0) is 30.3 Å². The number of hydrogen-bond donors (Lipinski definition) is 1. The smallest absolute Gasteiger partial charge is 0.287 e. The van der Waals surface area contributed by atoms with Gasteiger partial charge >= 0.3 is 0 Å². The van der Waals surface area contributed by atoms with Crippen LogP contribution in [0.2, 0.25) is 0 Å². The van der Waals surface area contributed by atoms with Crippen molar-refractivity contribution in [3.63, 3.8) is 0 Å². The lowest BCUT2D eigenvalue weighted by molar-refractivity contribution is 0.0117. The summed E-state index contributed by atoms with van der Waals surface area (Å²) < 4.78 is 17.4. The summed E-state index contributed by atoms with van der Waals surface area (Å²) in [6.07, 6.45) is 1.62. The molecule has 1 aliphatic rings. The zero-order valence-corrected chi connectivity index (χ0v) is 16.6. The highest BCUT2D eigenvalue weighted by Crippen LogP contribution is 2.22. The molecule has 4 rings (SSSR count). The molecule has 1 fully saturated rings. The standard InChI is InChI=1S/C20H19BrN2O5/c21-13-3-4-14-16(24)11-19(28-18(14)10-13)20(25)22-12-15(17-2-1-7-27-17)23-5-8-26-9-6-23/h1-4,7,10-11,15H,5-6,8-9,12H2,(H,22,25)/t15-/m1/s1. The summed E-state index contributed by atoms with van der Waals surface area (Å²) in [7, 11) is 0. The van der Waals surface area contributed by atoms with Gasteiger partial charge in [-0.2, -0.15) is 0 Å². The first-order valence-electron chi connectivity index (χ1n) is 8.98. The fourth-order valence-corrected chi connectivity index (χ4v) is 3.64. The highest BCUT2D eigenvalue weighted by Gasteiger charge is 2.26. The van der Waals surface area contributed by atoms with E-state index in [1.54, 1.807) is 24.5 Å². The average Bonchev–Trinajstić information content (AvgIpc) is 3.23. The van der Waals surface area contributed by atoms with E-state index >= 15 is 0 Å². The van der Waals surface area contributed by atoms with Crippen LogP contribution in [0.15, 0.2) is 60.8 Å². The van der Waals surface area contributed by atoms with E-state index in [4.69, 9.17) is 13.6 Å². The van der Waals surface area contributed by atoms with E-state index < -0.39 is 5.91 Å². The van der Waals surface area contributed by atoms with Crippen LogP contribution >= 0.6 is 15.9 Å². The largest absolute Gasteiger partial charge is 0.468 e. The minimum atomic E-state index is -0.441. The molecular formula is C20H19BrN2O5. The molecule has 28 heavy (non-hydrogen) atoms. The molecule has 1 amide bonds. The second-order valence-corrected chi connectivity index (χ2v) is 7.42. The molecule has 0 radical (unpaired) electrons. The third kappa shape index (κ3) is 4.04. The van der Waals surface area contributed by atoms with Crippen LogP contribution in [-0.4, -0.2) is 43.7 Å². The van der Waals surface area contributed by atoms with Gasteiger partial charge in [0.15, 0.2) is 11.2 Å². The Morgan fingerprint density at radius 1 is 1.21 bits per heavy atom. The highest BCUT2D eigenvalue weighted by molar-refractivity contribution is 9.10. The quantitative estimate of drug-likeness (QED) is 0.648. The van der Waals surface area contributed by atoms with Crippen molar-refractivity contribution in [2.24, 2.45) is 0 Å². The summed E-state index contributed by atoms with van der Waals surface area (Å²) in [5.74, 6) is 0.311. The summed E-state index contributed by atoms with van der Waals surface area (Å²) in [4.78, 5) is 27.2. The third-order valence-electron chi connectivity index (χ3n) is 4.73. The Balaban J connectivity index is 1.53. The van der Waals surface area contributed by atoms with Gasteiger partial charge in [0.1, 0.15) is 11.3 Å². The number of hydrogen-bond acceptors (Lipinski definition) is 6. The lowest BCUT2D eigenvalue weighted by Gasteiger charge is -2.33. The maximum atomic E-state index is 12.7. The molecule has 0 spiro atoms. The summed E-state index contributed by atoms with van der Waals surface area (Å²) in [6, 6.07) is 9.91. The Hall–Kier alpha value is -2.42. The van der Waals surface area contributed by atoms with Gasteiger partial charge in [0.2, 0.25) is 0 Å². The van der Waals surface area contributed by atoms with Crippen LogP contribution in [-0.2, 0) is 4.74 Å². The number of benzene rings is 1. The van der Waals surface area contributed by atoms with E-state index in [0.717, 1.165) is 23.3 Å². The van der Waals surface area contributed by atoms with Crippen molar-refractivity contribution in [3.8, 4) is 0 Å². The maximum Gasteiger partial charge on any atom is 0.287 e. The first-order chi connectivity index (χ1) is 13.6. The van der Waals surface area contributed by atoms with Crippen molar-refractivity contribution in [1.82, 2.24) is 10.2 Å². The van der Waals surface area contributed by atoms with Crippen LogP contribution in [0.4, 0.5) is 0 Å². The fourth-order valence-electron chi connectivity index (χ4n) is 3.30. The Labute approximate surface area is 169 Å². The predicted octanol–water partition coefficient (Wildman–Crippen LogP) is 2.95. The van der Waals surface area contributed by atoms with Crippen LogP contribution in [0, 0.1) is 0 Å². The number of amides is 1. The van der Waals surface area contributed by atoms with E-state index in [1.807, 2.05) is 12.1 Å². The Kier molecular flexibility index (Phi) is 5.61. The molecule has 1 N–H and O–H groups in total. The number of morpholine rings is 1. The molecule has 0 saturated carbocycles. The summed E-state index contributed by atoms with van der Waals surface area (Å²) in [5, 5.41) is 3.30. The zero-order chi connectivity index (χ0) is 19.5. The SMILES string of the molecule is O=C(NC[C@H](c1ccco1)N1CCOCC1)c1cc(=O)c2ccc(Br)cc2o1. The molecule has 1 saturated heterocycles. The predicted molar refractivity (Wildman–Crippen MR) is 106 cm³/mol. The number of furan rings is 1. The lowest BCUT2D eigenvalue weighted by atomic mass is 10.1. The molecule has 0 aliphatic carbocycles. The van der Waals surface area contributed by atoms with Crippen LogP contribution in [0.5, 0.6) is 0 Å². The van der Waals surface area contributed by atoms with Crippen LogP contribution in [0.1, 0.15) is 22.4 Å². The minimum absolute atomic E-state index is 0.0178. The first kappa shape index (κ1) is 18.9. The molecule has 0 bridgehead atoms. The van der Waals surface area contributed by atoms with E-state index in [1.165, 1.54) is 6.07 Å². The molecule has 2 aromatic heterocycles. The second-order valence-electron chi connectivity index (χ2n) is 6.50. The number of nitrogens with one attached hydrogen (secondary N) is 1. The van der Waals surface area contributed by atoms with Gasteiger partial charge in [-0.15, -0.1) is 0 Å². The fraction of sp³-hybridized carbons (Fsp3) is 0.300. The molecule has 1 aromatic carbocycles. The van der Waals surface area contributed by atoms with Crippen molar-refractivity contribution in [3.05, 3.63) is 68.9 Å². The zero-order valence-electron chi connectivity index (χ0n) is 15.0. The maximum absolute atomic E-state index is 12.7. The van der Waals surface area contributed by atoms with E-state index in [-0.39, 0.29) is 17.2 Å². The number of rotatable bonds is 5. The van der Waals surface area contributed by atoms with Crippen molar-refractivity contribution in [1.29, 1.82) is 0 Å².